The third-order valence-electron chi connectivity index (χ3n) is 6.44. The van der Waals surface area contributed by atoms with Crippen molar-refractivity contribution >= 4 is 44.7 Å². The van der Waals surface area contributed by atoms with E-state index in [9.17, 15) is 9.59 Å². The molecule has 1 aliphatic carbocycles. The van der Waals surface area contributed by atoms with Crippen molar-refractivity contribution in [3.8, 4) is 5.75 Å². The highest BCUT2D eigenvalue weighted by molar-refractivity contribution is 7.18. The fraction of sp³-hybridized carbons (Fsp3) is 0.458. The van der Waals surface area contributed by atoms with Crippen LogP contribution in [0.15, 0.2) is 29.3 Å². The number of rotatable bonds is 4. The molecule has 1 aromatic carbocycles. The van der Waals surface area contributed by atoms with Gasteiger partial charge in [0.05, 0.1) is 24.5 Å². The van der Waals surface area contributed by atoms with Crippen LogP contribution in [-0.4, -0.2) is 22.6 Å². The van der Waals surface area contributed by atoms with E-state index in [1.165, 1.54) is 22.9 Å². The number of hydrogen-bond acceptors (Lipinski definition) is 5. The molecule has 0 spiro atoms. The highest BCUT2D eigenvalue weighted by atomic mass is 35.5. The molecule has 2 atom stereocenters. The van der Waals surface area contributed by atoms with Gasteiger partial charge in [0, 0.05) is 9.90 Å². The lowest BCUT2D eigenvalue weighted by Crippen LogP contribution is -2.32. The average Bonchev–Trinajstić information content (AvgIpc) is 3.11. The largest absolute Gasteiger partial charge is 0.495 e. The van der Waals surface area contributed by atoms with Crippen molar-refractivity contribution < 1.29 is 9.53 Å². The number of thiophene rings is 1. The molecular formula is C24H28ClN3O3S. The predicted molar refractivity (Wildman–Crippen MR) is 130 cm³/mol. The Hall–Kier alpha value is -2.38. The van der Waals surface area contributed by atoms with Crippen LogP contribution < -0.4 is 15.6 Å². The summed E-state index contributed by atoms with van der Waals surface area (Å²) >= 11 is 7.68. The number of nitrogens with zero attached hydrogens (tertiary/aromatic N) is 2. The van der Waals surface area contributed by atoms with E-state index < -0.39 is 6.04 Å². The van der Waals surface area contributed by atoms with Gasteiger partial charge in [0.15, 0.2) is 0 Å². The number of hydrogen-bond donors (Lipinski definition) is 1. The number of aromatic nitrogens is 2. The molecule has 0 saturated carbocycles. The molecule has 0 bridgehead atoms. The van der Waals surface area contributed by atoms with E-state index in [1.807, 2.05) is 0 Å². The molecule has 0 saturated heterocycles. The second kappa shape index (κ2) is 8.52. The van der Waals surface area contributed by atoms with Crippen LogP contribution >= 0.6 is 22.9 Å². The van der Waals surface area contributed by atoms with Crippen LogP contribution in [0.3, 0.4) is 0 Å². The Morgan fingerprint density at radius 1 is 1.38 bits per heavy atom. The van der Waals surface area contributed by atoms with Crippen molar-refractivity contribution in [2.45, 2.75) is 53.0 Å². The van der Waals surface area contributed by atoms with Crippen molar-refractivity contribution in [3.63, 3.8) is 0 Å². The summed E-state index contributed by atoms with van der Waals surface area (Å²) in [6.45, 7) is 8.51. The first-order chi connectivity index (χ1) is 15.1. The first-order valence-electron chi connectivity index (χ1n) is 10.8. The number of aryl methyl sites for hydroxylation is 1. The van der Waals surface area contributed by atoms with Crippen molar-refractivity contribution in [1.82, 2.24) is 9.55 Å². The number of carbonyl (C=O) groups is 1. The summed E-state index contributed by atoms with van der Waals surface area (Å²) in [5, 5.41) is 3.97. The first-order valence-corrected chi connectivity index (χ1v) is 12.0. The number of benzene rings is 1. The molecule has 4 rings (SSSR count). The highest BCUT2D eigenvalue weighted by Crippen LogP contribution is 2.42. The molecular weight excluding hydrogens is 446 g/mol. The maximum absolute atomic E-state index is 13.4. The van der Waals surface area contributed by atoms with Gasteiger partial charge in [-0.2, -0.15) is 0 Å². The molecule has 1 N–H and O–H groups in total. The van der Waals surface area contributed by atoms with Gasteiger partial charge in [-0.15, -0.1) is 11.3 Å². The zero-order chi connectivity index (χ0) is 23.2. The lowest BCUT2D eigenvalue weighted by atomic mass is 9.72. The SMILES string of the molecule is COc1ccc(Cl)cc1NC(=O)C(C)n1cnc2sc3c(c2c1=O)CCC(C(C)(C)C)C3. The second-order valence-electron chi connectivity index (χ2n) is 9.46. The monoisotopic (exact) mass is 473 g/mol. The van der Waals surface area contributed by atoms with Gasteiger partial charge in [-0.05, 0) is 61.3 Å². The molecule has 2 unspecified atom stereocenters. The fourth-order valence-electron chi connectivity index (χ4n) is 4.34. The Morgan fingerprint density at radius 3 is 2.81 bits per heavy atom. The molecule has 2 aromatic heterocycles. The van der Waals surface area contributed by atoms with Gasteiger partial charge >= 0.3 is 0 Å². The van der Waals surface area contributed by atoms with Gasteiger partial charge in [-0.1, -0.05) is 32.4 Å². The van der Waals surface area contributed by atoms with Crippen molar-refractivity contribution in [1.29, 1.82) is 0 Å². The third-order valence-corrected chi connectivity index (χ3v) is 7.83. The number of methoxy groups -OCH3 is 1. The van der Waals surface area contributed by atoms with E-state index in [-0.39, 0.29) is 16.9 Å². The fourth-order valence-corrected chi connectivity index (χ4v) is 5.77. The lowest BCUT2D eigenvalue weighted by Gasteiger charge is -2.33. The topological polar surface area (TPSA) is 73.2 Å². The number of halogens is 1. The van der Waals surface area contributed by atoms with Crippen LogP contribution in [-0.2, 0) is 17.6 Å². The Balaban J connectivity index is 1.65. The minimum atomic E-state index is -0.746. The summed E-state index contributed by atoms with van der Waals surface area (Å²) in [5.41, 5.74) is 1.64. The number of fused-ring (bicyclic) bond motifs is 3. The molecule has 170 valence electrons. The Morgan fingerprint density at radius 2 is 2.12 bits per heavy atom. The normalized spacial score (nSPS) is 17.1. The molecule has 32 heavy (non-hydrogen) atoms. The molecule has 6 nitrogen and oxygen atoms in total. The van der Waals surface area contributed by atoms with Crippen LogP contribution in [0.1, 0.15) is 50.6 Å². The molecule has 0 fully saturated rings. The summed E-state index contributed by atoms with van der Waals surface area (Å²) in [5.74, 6) is 0.740. The summed E-state index contributed by atoms with van der Waals surface area (Å²) < 4.78 is 6.71. The van der Waals surface area contributed by atoms with Crippen LogP contribution in [0.2, 0.25) is 5.02 Å². The van der Waals surface area contributed by atoms with Gasteiger partial charge in [-0.3, -0.25) is 14.2 Å². The zero-order valence-electron chi connectivity index (χ0n) is 19.0. The van der Waals surface area contributed by atoms with E-state index in [1.54, 1.807) is 36.5 Å². The van der Waals surface area contributed by atoms with E-state index in [0.717, 1.165) is 29.7 Å². The maximum Gasteiger partial charge on any atom is 0.263 e. The van der Waals surface area contributed by atoms with Gasteiger partial charge < -0.3 is 10.1 Å². The minimum Gasteiger partial charge on any atom is -0.495 e. The lowest BCUT2D eigenvalue weighted by molar-refractivity contribution is -0.118. The third kappa shape index (κ3) is 4.16. The molecule has 0 radical (unpaired) electrons. The van der Waals surface area contributed by atoms with Crippen molar-refractivity contribution in [2.75, 3.05) is 12.4 Å². The first kappa shape index (κ1) is 22.8. The summed E-state index contributed by atoms with van der Waals surface area (Å²) in [4.78, 5) is 33.0. The summed E-state index contributed by atoms with van der Waals surface area (Å²) in [6.07, 6.45) is 4.39. The molecule has 0 aliphatic heterocycles. The van der Waals surface area contributed by atoms with Gasteiger partial charge in [0.1, 0.15) is 16.6 Å². The predicted octanol–water partition coefficient (Wildman–Crippen LogP) is 5.47. The highest BCUT2D eigenvalue weighted by Gasteiger charge is 2.32. The zero-order valence-corrected chi connectivity index (χ0v) is 20.6. The molecule has 1 aliphatic rings. The van der Waals surface area contributed by atoms with Gasteiger partial charge in [-0.25, -0.2) is 4.98 Å². The molecule has 2 heterocycles. The number of ether oxygens (including phenoxy) is 1. The smallest absolute Gasteiger partial charge is 0.263 e. The second-order valence-corrected chi connectivity index (χ2v) is 11.0. The van der Waals surface area contributed by atoms with Crippen LogP contribution in [0.25, 0.3) is 10.2 Å². The molecule has 8 heteroatoms. The summed E-state index contributed by atoms with van der Waals surface area (Å²) in [6, 6.07) is 4.25. The standard InChI is InChI=1S/C24H28ClN3O3S/c1-13(21(29)27-17-11-15(25)7-9-18(17)31-5)28-12-26-22-20(23(28)30)16-8-6-14(24(2,3)4)10-19(16)32-22/h7,9,11-14H,6,8,10H2,1-5H3,(H,27,29). The Labute approximate surface area is 196 Å². The number of carbonyl (C=O) groups excluding carboxylic acids is 1. The van der Waals surface area contributed by atoms with E-state index in [2.05, 4.69) is 31.1 Å². The molecule has 1 amide bonds. The van der Waals surface area contributed by atoms with Crippen LogP contribution in [0.4, 0.5) is 5.69 Å². The molecule has 3 aromatic rings. The number of nitrogens with one attached hydrogen (secondary N) is 1. The van der Waals surface area contributed by atoms with E-state index in [4.69, 9.17) is 16.3 Å². The van der Waals surface area contributed by atoms with Crippen molar-refractivity contribution in [2.24, 2.45) is 11.3 Å². The number of amides is 1. The Kier molecular flexibility index (Phi) is 6.07. The average molecular weight is 474 g/mol. The van der Waals surface area contributed by atoms with Gasteiger partial charge in [0.2, 0.25) is 5.91 Å². The van der Waals surface area contributed by atoms with Crippen LogP contribution in [0.5, 0.6) is 5.75 Å². The maximum atomic E-state index is 13.4. The van der Waals surface area contributed by atoms with E-state index in [0.29, 0.717) is 27.8 Å². The van der Waals surface area contributed by atoms with Gasteiger partial charge in [0.25, 0.3) is 5.56 Å². The van der Waals surface area contributed by atoms with Crippen LogP contribution in [0, 0.1) is 11.3 Å². The summed E-state index contributed by atoms with van der Waals surface area (Å²) in [7, 11) is 1.52. The quantitative estimate of drug-likeness (QED) is 0.545. The minimum absolute atomic E-state index is 0.164. The van der Waals surface area contributed by atoms with Crippen molar-refractivity contribution in [3.05, 3.63) is 50.3 Å². The number of anilines is 1. The van der Waals surface area contributed by atoms with E-state index >= 15 is 0 Å². The Bertz CT molecular complexity index is 1240.